The van der Waals surface area contributed by atoms with Gasteiger partial charge in [0.2, 0.25) is 0 Å². The lowest BCUT2D eigenvalue weighted by molar-refractivity contribution is 0.155. The smallest absolute Gasteiger partial charge is 0.411 e. The molecule has 6 nitrogen and oxygen atoms in total. The molecule has 0 spiro atoms. The van der Waals surface area contributed by atoms with Crippen LogP contribution in [0.4, 0.5) is 15.3 Å². The van der Waals surface area contributed by atoms with E-state index in [4.69, 9.17) is 16.3 Å². The van der Waals surface area contributed by atoms with Gasteiger partial charge in [0, 0.05) is 23.8 Å². The number of halogens is 1. The molecule has 3 rings (SSSR count). The molecule has 2 aromatic carbocycles. The van der Waals surface area contributed by atoms with Crippen LogP contribution in [0.1, 0.15) is 30.5 Å². The quantitative estimate of drug-likeness (QED) is 0.789. The third-order valence-corrected chi connectivity index (χ3v) is 4.68. The van der Waals surface area contributed by atoms with Crippen LogP contribution in [0.15, 0.2) is 48.5 Å². The number of urea groups is 1. The minimum Gasteiger partial charge on any atom is -0.444 e. The van der Waals surface area contributed by atoms with E-state index in [-0.39, 0.29) is 18.7 Å². The lowest BCUT2D eigenvalue weighted by Gasteiger charge is -2.32. The minimum absolute atomic E-state index is 0.0401. The summed E-state index contributed by atoms with van der Waals surface area (Å²) in [6, 6.07) is 14.3. The SMILES string of the molecule is CC(NC(=O)N1CCC1)c1ccc(NC(=O)OCc2ccc(Cl)cc2)cc1. The van der Waals surface area contributed by atoms with Gasteiger partial charge in [0.1, 0.15) is 6.61 Å². The van der Waals surface area contributed by atoms with Crippen LogP contribution in [-0.4, -0.2) is 30.1 Å². The van der Waals surface area contributed by atoms with Gasteiger partial charge in [0.25, 0.3) is 0 Å². The zero-order valence-electron chi connectivity index (χ0n) is 15.1. The summed E-state index contributed by atoms with van der Waals surface area (Å²) in [5, 5.41) is 6.29. The van der Waals surface area contributed by atoms with Gasteiger partial charge in [-0.25, -0.2) is 9.59 Å². The van der Waals surface area contributed by atoms with E-state index in [1.54, 1.807) is 41.3 Å². The predicted molar refractivity (Wildman–Crippen MR) is 105 cm³/mol. The van der Waals surface area contributed by atoms with E-state index in [2.05, 4.69) is 10.6 Å². The molecule has 0 aromatic heterocycles. The van der Waals surface area contributed by atoms with Crippen LogP contribution in [0, 0.1) is 0 Å². The van der Waals surface area contributed by atoms with E-state index in [1.807, 2.05) is 19.1 Å². The molecule has 1 atom stereocenters. The molecule has 2 N–H and O–H groups in total. The highest BCUT2D eigenvalue weighted by molar-refractivity contribution is 6.30. The number of carbonyl (C=O) groups excluding carboxylic acids is 2. The number of hydrogen-bond acceptors (Lipinski definition) is 3. The normalized spacial score (nSPS) is 14.1. The van der Waals surface area contributed by atoms with Crippen molar-refractivity contribution in [2.45, 2.75) is 26.0 Å². The Kier molecular flexibility index (Phi) is 6.19. The fraction of sp³-hybridized carbons (Fsp3) is 0.300. The second-order valence-electron chi connectivity index (χ2n) is 6.46. The fourth-order valence-electron chi connectivity index (χ4n) is 2.62. The third-order valence-electron chi connectivity index (χ3n) is 4.42. The maximum atomic E-state index is 12.0. The number of rotatable bonds is 5. The Labute approximate surface area is 163 Å². The van der Waals surface area contributed by atoms with Crippen molar-refractivity contribution in [1.29, 1.82) is 0 Å². The van der Waals surface area contributed by atoms with Crippen LogP contribution in [0.5, 0.6) is 0 Å². The zero-order chi connectivity index (χ0) is 19.2. The first-order valence-corrected chi connectivity index (χ1v) is 9.23. The first-order valence-electron chi connectivity index (χ1n) is 8.85. The van der Waals surface area contributed by atoms with Gasteiger partial charge in [-0.2, -0.15) is 0 Å². The number of anilines is 1. The van der Waals surface area contributed by atoms with Gasteiger partial charge < -0.3 is 15.0 Å². The lowest BCUT2D eigenvalue weighted by atomic mass is 10.1. The average molecular weight is 388 g/mol. The molecular weight excluding hydrogens is 366 g/mol. The first kappa shape index (κ1) is 19.0. The van der Waals surface area contributed by atoms with Crippen molar-refractivity contribution in [3.8, 4) is 0 Å². The molecule has 1 aliphatic rings. The number of amides is 3. The van der Waals surface area contributed by atoms with E-state index < -0.39 is 6.09 Å². The van der Waals surface area contributed by atoms with E-state index in [1.165, 1.54) is 0 Å². The molecule has 1 unspecified atom stereocenters. The van der Waals surface area contributed by atoms with Gasteiger partial charge in [0.05, 0.1) is 6.04 Å². The number of hydrogen-bond donors (Lipinski definition) is 2. The molecule has 2 aromatic rings. The number of likely N-dealkylation sites (tertiary alicyclic amines) is 1. The average Bonchev–Trinajstić information content (AvgIpc) is 2.60. The molecule has 0 aliphatic carbocycles. The summed E-state index contributed by atoms with van der Waals surface area (Å²) >= 11 is 5.82. The maximum Gasteiger partial charge on any atom is 0.411 e. The van der Waals surface area contributed by atoms with Crippen LogP contribution in [0.2, 0.25) is 5.02 Å². The van der Waals surface area contributed by atoms with Crippen molar-refractivity contribution in [2.75, 3.05) is 18.4 Å². The van der Waals surface area contributed by atoms with Gasteiger partial charge in [-0.3, -0.25) is 5.32 Å². The second-order valence-corrected chi connectivity index (χ2v) is 6.90. The van der Waals surface area contributed by atoms with Crippen molar-refractivity contribution < 1.29 is 14.3 Å². The van der Waals surface area contributed by atoms with Gasteiger partial charge in [0.15, 0.2) is 0 Å². The first-order chi connectivity index (χ1) is 13.0. The molecule has 1 heterocycles. The number of benzene rings is 2. The highest BCUT2D eigenvalue weighted by atomic mass is 35.5. The highest BCUT2D eigenvalue weighted by Gasteiger charge is 2.21. The molecule has 0 radical (unpaired) electrons. The van der Waals surface area contributed by atoms with Gasteiger partial charge >= 0.3 is 12.1 Å². The number of carbonyl (C=O) groups is 2. The summed E-state index contributed by atoms with van der Waals surface area (Å²) in [5.41, 5.74) is 2.45. The van der Waals surface area contributed by atoms with E-state index in [0.717, 1.165) is 30.6 Å². The molecule has 0 saturated carbocycles. The topological polar surface area (TPSA) is 70.7 Å². The van der Waals surface area contributed by atoms with Gasteiger partial charge in [-0.1, -0.05) is 35.9 Å². The van der Waals surface area contributed by atoms with Crippen molar-refractivity contribution >= 4 is 29.4 Å². The Morgan fingerprint density at radius 2 is 1.78 bits per heavy atom. The largest absolute Gasteiger partial charge is 0.444 e. The Morgan fingerprint density at radius 3 is 2.37 bits per heavy atom. The predicted octanol–water partition coefficient (Wildman–Crippen LogP) is 4.57. The van der Waals surface area contributed by atoms with Gasteiger partial charge in [-0.15, -0.1) is 0 Å². The summed E-state index contributed by atoms with van der Waals surface area (Å²) in [5.74, 6) is 0. The van der Waals surface area contributed by atoms with Gasteiger partial charge in [-0.05, 0) is 48.7 Å². The van der Waals surface area contributed by atoms with E-state index in [0.29, 0.717) is 10.7 Å². The summed E-state index contributed by atoms with van der Waals surface area (Å²) < 4.78 is 5.19. The number of nitrogens with one attached hydrogen (secondary N) is 2. The van der Waals surface area contributed by atoms with E-state index >= 15 is 0 Å². The number of nitrogens with zero attached hydrogens (tertiary/aromatic N) is 1. The Balaban J connectivity index is 1.47. The maximum absolute atomic E-state index is 12.0. The standard InChI is InChI=1S/C20H22ClN3O3/c1-14(22-19(25)24-11-2-12-24)16-5-9-18(10-6-16)23-20(26)27-13-15-3-7-17(21)8-4-15/h3-10,14H,2,11-13H2,1H3,(H,22,25)(H,23,26). The molecule has 0 bridgehead atoms. The summed E-state index contributed by atoms with van der Waals surface area (Å²) in [7, 11) is 0. The Hall–Kier alpha value is -2.73. The second kappa shape index (κ2) is 8.77. The molecule has 1 saturated heterocycles. The van der Waals surface area contributed by atoms with E-state index in [9.17, 15) is 9.59 Å². The van der Waals surface area contributed by atoms with Crippen molar-refractivity contribution in [3.05, 3.63) is 64.7 Å². The van der Waals surface area contributed by atoms with Crippen molar-refractivity contribution in [2.24, 2.45) is 0 Å². The molecule has 142 valence electrons. The summed E-state index contributed by atoms with van der Waals surface area (Å²) in [6.45, 7) is 3.74. The Morgan fingerprint density at radius 1 is 1.11 bits per heavy atom. The molecule has 1 fully saturated rings. The highest BCUT2D eigenvalue weighted by Crippen LogP contribution is 2.18. The Bertz CT molecular complexity index is 789. The zero-order valence-corrected chi connectivity index (χ0v) is 15.8. The van der Waals surface area contributed by atoms with Crippen LogP contribution in [-0.2, 0) is 11.3 Å². The fourth-order valence-corrected chi connectivity index (χ4v) is 2.74. The summed E-state index contributed by atoms with van der Waals surface area (Å²) in [4.78, 5) is 25.7. The molecule has 27 heavy (non-hydrogen) atoms. The molecule has 7 heteroatoms. The van der Waals surface area contributed by atoms with Crippen LogP contribution < -0.4 is 10.6 Å². The monoisotopic (exact) mass is 387 g/mol. The molecular formula is C20H22ClN3O3. The van der Waals surface area contributed by atoms with Crippen LogP contribution in [0.25, 0.3) is 0 Å². The lowest BCUT2D eigenvalue weighted by Crippen LogP contribution is -2.48. The van der Waals surface area contributed by atoms with Crippen LogP contribution >= 0.6 is 11.6 Å². The third kappa shape index (κ3) is 5.37. The van der Waals surface area contributed by atoms with Crippen molar-refractivity contribution in [1.82, 2.24) is 10.2 Å². The molecule has 1 aliphatic heterocycles. The van der Waals surface area contributed by atoms with Crippen LogP contribution in [0.3, 0.4) is 0 Å². The summed E-state index contributed by atoms with van der Waals surface area (Å²) in [6.07, 6.45) is 0.535. The minimum atomic E-state index is -0.531. The van der Waals surface area contributed by atoms with Crippen molar-refractivity contribution in [3.63, 3.8) is 0 Å². The number of ether oxygens (including phenoxy) is 1. The molecule has 3 amide bonds.